The van der Waals surface area contributed by atoms with Crippen LogP contribution < -0.4 is 14.8 Å². The monoisotopic (exact) mass is 377 g/mol. The Morgan fingerprint density at radius 3 is 2.11 bits per heavy atom. The van der Waals surface area contributed by atoms with E-state index in [1.165, 1.54) is 11.1 Å². The van der Waals surface area contributed by atoms with Crippen molar-refractivity contribution in [1.29, 1.82) is 0 Å². The standard InChI is InChI=1S/C24H27NO3/c1-26-17-22-10-6-9-20(13-22)15-25-16-21-11-12-23(24(14-21)27-2)28-18-19-7-4-3-5-8-19/h3-14,25H,15-18H2,1-2H3. The molecule has 0 spiro atoms. The van der Waals surface area contributed by atoms with Crippen LogP contribution in [0.25, 0.3) is 0 Å². The largest absolute Gasteiger partial charge is 0.493 e. The van der Waals surface area contributed by atoms with Gasteiger partial charge in [0, 0.05) is 20.2 Å². The predicted octanol–water partition coefficient (Wildman–Crippen LogP) is 4.71. The Hall–Kier alpha value is -2.82. The number of methoxy groups -OCH3 is 2. The lowest BCUT2D eigenvalue weighted by atomic mass is 10.1. The minimum atomic E-state index is 0.520. The third-order valence-electron chi connectivity index (χ3n) is 4.43. The Morgan fingerprint density at radius 1 is 0.643 bits per heavy atom. The van der Waals surface area contributed by atoms with E-state index in [0.29, 0.717) is 13.2 Å². The molecule has 3 aromatic carbocycles. The Labute approximate surface area is 167 Å². The molecule has 0 fully saturated rings. The van der Waals surface area contributed by atoms with Crippen LogP contribution in [0.2, 0.25) is 0 Å². The molecule has 3 aromatic rings. The van der Waals surface area contributed by atoms with Gasteiger partial charge in [-0.15, -0.1) is 0 Å². The summed E-state index contributed by atoms with van der Waals surface area (Å²) in [5.74, 6) is 1.50. The van der Waals surface area contributed by atoms with Crippen LogP contribution in [-0.4, -0.2) is 14.2 Å². The Morgan fingerprint density at radius 2 is 1.36 bits per heavy atom. The van der Waals surface area contributed by atoms with Crippen LogP contribution in [0, 0.1) is 0 Å². The fourth-order valence-electron chi connectivity index (χ4n) is 3.02. The summed E-state index contributed by atoms with van der Waals surface area (Å²) in [6.45, 7) is 2.71. The van der Waals surface area contributed by atoms with E-state index >= 15 is 0 Å². The number of ether oxygens (including phenoxy) is 3. The Balaban J connectivity index is 1.55. The van der Waals surface area contributed by atoms with Crippen LogP contribution in [0.5, 0.6) is 11.5 Å². The van der Waals surface area contributed by atoms with Crippen LogP contribution in [0.3, 0.4) is 0 Å². The molecule has 0 radical (unpaired) electrons. The van der Waals surface area contributed by atoms with Gasteiger partial charge in [0.25, 0.3) is 0 Å². The molecule has 1 N–H and O–H groups in total. The Bertz CT molecular complexity index is 865. The van der Waals surface area contributed by atoms with Crippen molar-refractivity contribution in [2.24, 2.45) is 0 Å². The molecule has 0 saturated carbocycles. The molecule has 0 amide bonds. The molecule has 0 atom stereocenters. The number of nitrogens with one attached hydrogen (secondary N) is 1. The molecule has 0 heterocycles. The average Bonchev–Trinajstić information content (AvgIpc) is 2.74. The van der Waals surface area contributed by atoms with E-state index in [-0.39, 0.29) is 0 Å². The lowest BCUT2D eigenvalue weighted by Gasteiger charge is -2.13. The first kappa shape index (κ1) is 19.9. The van der Waals surface area contributed by atoms with Crippen LogP contribution >= 0.6 is 0 Å². The second kappa shape index (κ2) is 10.5. The van der Waals surface area contributed by atoms with Gasteiger partial charge in [0.05, 0.1) is 13.7 Å². The molecule has 0 unspecified atom stereocenters. The highest BCUT2D eigenvalue weighted by Crippen LogP contribution is 2.28. The van der Waals surface area contributed by atoms with Gasteiger partial charge in [0.2, 0.25) is 0 Å². The van der Waals surface area contributed by atoms with E-state index in [9.17, 15) is 0 Å². The predicted molar refractivity (Wildman–Crippen MR) is 111 cm³/mol. The van der Waals surface area contributed by atoms with Crippen LogP contribution in [0.1, 0.15) is 22.3 Å². The molecule has 28 heavy (non-hydrogen) atoms. The van der Waals surface area contributed by atoms with E-state index < -0.39 is 0 Å². The first-order valence-corrected chi connectivity index (χ1v) is 9.39. The lowest BCUT2D eigenvalue weighted by molar-refractivity contribution is 0.185. The summed E-state index contributed by atoms with van der Waals surface area (Å²) in [4.78, 5) is 0. The highest BCUT2D eigenvalue weighted by Gasteiger charge is 2.06. The number of rotatable bonds is 10. The maximum atomic E-state index is 5.92. The van der Waals surface area contributed by atoms with Crippen molar-refractivity contribution >= 4 is 0 Å². The highest BCUT2D eigenvalue weighted by molar-refractivity contribution is 5.43. The minimum absolute atomic E-state index is 0.520. The third-order valence-corrected chi connectivity index (χ3v) is 4.43. The zero-order chi connectivity index (χ0) is 19.6. The molecule has 4 nitrogen and oxygen atoms in total. The summed E-state index contributed by atoms with van der Waals surface area (Å²) in [5.41, 5.74) is 4.70. The average molecular weight is 377 g/mol. The third kappa shape index (κ3) is 5.84. The second-order valence-corrected chi connectivity index (χ2v) is 6.62. The summed E-state index contributed by atoms with van der Waals surface area (Å²) < 4.78 is 16.6. The maximum Gasteiger partial charge on any atom is 0.161 e. The van der Waals surface area contributed by atoms with Crippen molar-refractivity contribution in [2.75, 3.05) is 14.2 Å². The van der Waals surface area contributed by atoms with E-state index in [2.05, 4.69) is 35.6 Å². The molecule has 0 aliphatic carbocycles. The van der Waals surface area contributed by atoms with E-state index in [0.717, 1.165) is 35.7 Å². The zero-order valence-electron chi connectivity index (χ0n) is 16.5. The Kier molecular flexibility index (Phi) is 7.47. The van der Waals surface area contributed by atoms with Crippen LogP contribution in [-0.2, 0) is 31.0 Å². The van der Waals surface area contributed by atoms with Crippen molar-refractivity contribution in [1.82, 2.24) is 5.32 Å². The first-order chi connectivity index (χ1) is 13.8. The summed E-state index contributed by atoms with van der Waals surface area (Å²) >= 11 is 0. The van der Waals surface area contributed by atoms with Gasteiger partial charge in [-0.05, 0) is 34.4 Å². The quantitative estimate of drug-likeness (QED) is 0.555. The van der Waals surface area contributed by atoms with Gasteiger partial charge in [-0.25, -0.2) is 0 Å². The normalized spacial score (nSPS) is 10.6. The van der Waals surface area contributed by atoms with Crippen molar-refractivity contribution in [2.45, 2.75) is 26.3 Å². The van der Waals surface area contributed by atoms with Gasteiger partial charge in [0.1, 0.15) is 6.61 Å². The van der Waals surface area contributed by atoms with Crippen molar-refractivity contribution in [3.8, 4) is 11.5 Å². The van der Waals surface area contributed by atoms with E-state index in [4.69, 9.17) is 14.2 Å². The van der Waals surface area contributed by atoms with Crippen LogP contribution in [0.4, 0.5) is 0 Å². The van der Waals surface area contributed by atoms with E-state index in [1.54, 1.807) is 14.2 Å². The number of benzene rings is 3. The van der Waals surface area contributed by atoms with Gasteiger partial charge in [-0.3, -0.25) is 0 Å². The van der Waals surface area contributed by atoms with Gasteiger partial charge in [-0.1, -0.05) is 60.7 Å². The fraction of sp³-hybridized carbons (Fsp3) is 0.250. The lowest BCUT2D eigenvalue weighted by Crippen LogP contribution is -2.13. The van der Waals surface area contributed by atoms with Crippen molar-refractivity contribution in [3.05, 3.63) is 95.1 Å². The van der Waals surface area contributed by atoms with Crippen molar-refractivity contribution in [3.63, 3.8) is 0 Å². The van der Waals surface area contributed by atoms with Gasteiger partial charge < -0.3 is 19.5 Å². The topological polar surface area (TPSA) is 39.7 Å². The maximum absolute atomic E-state index is 5.92. The number of hydrogen-bond donors (Lipinski definition) is 1. The molecular weight excluding hydrogens is 350 g/mol. The van der Waals surface area contributed by atoms with Crippen LogP contribution in [0.15, 0.2) is 72.8 Å². The SMILES string of the molecule is COCc1cccc(CNCc2ccc(OCc3ccccc3)c(OC)c2)c1. The summed E-state index contributed by atoms with van der Waals surface area (Å²) in [5, 5.41) is 3.48. The summed E-state index contributed by atoms with van der Waals surface area (Å²) in [7, 11) is 3.38. The van der Waals surface area contributed by atoms with Gasteiger partial charge >= 0.3 is 0 Å². The van der Waals surface area contributed by atoms with Gasteiger partial charge in [0.15, 0.2) is 11.5 Å². The fourth-order valence-corrected chi connectivity index (χ4v) is 3.02. The molecule has 0 aliphatic heterocycles. The zero-order valence-corrected chi connectivity index (χ0v) is 16.5. The van der Waals surface area contributed by atoms with Gasteiger partial charge in [-0.2, -0.15) is 0 Å². The second-order valence-electron chi connectivity index (χ2n) is 6.62. The first-order valence-electron chi connectivity index (χ1n) is 9.39. The molecule has 0 aliphatic rings. The van der Waals surface area contributed by atoms with E-state index in [1.807, 2.05) is 42.5 Å². The smallest absolute Gasteiger partial charge is 0.161 e. The summed E-state index contributed by atoms with van der Waals surface area (Å²) in [6.07, 6.45) is 0. The molecule has 0 bridgehead atoms. The minimum Gasteiger partial charge on any atom is -0.493 e. The summed E-state index contributed by atoms with van der Waals surface area (Å²) in [6, 6.07) is 24.6. The molecule has 4 heteroatoms. The highest BCUT2D eigenvalue weighted by atomic mass is 16.5. The number of hydrogen-bond acceptors (Lipinski definition) is 4. The molecule has 3 rings (SSSR count). The van der Waals surface area contributed by atoms with Crippen molar-refractivity contribution < 1.29 is 14.2 Å². The molecule has 0 aromatic heterocycles. The molecule has 146 valence electrons. The molecule has 0 saturated heterocycles. The molecular formula is C24H27NO3.